The number of hydrogen-bond acceptors (Lipinski definition) is 7. The molecule has 8 heteroatoms. The van der Waals surface area contributed by atoms with Gasteiger partial charge in [0.25, 0.3) is 0 Å². The first-order chi connectivity index (χ1) is 6.48. The van der Waals surface area contributed by atoms with Crippen LogP contribution in [0.5, 0.6) is 0 Å². The third kappa shape index (κ3) is 7.92. The Hall–Kier alpha value is -0.700. The molecular formula is C6H15N3O4S. The van der Waals surface area contributed by atoms with Crippen molar-refractivity contribution in [3.05, 3.63) is 0 Å². The van der Waals surface area contributed by atoms with Gasteiger partial charge in [-0.3, -0.25) is 9.18 Å². The molecule has 0 spiro atoms. The lowest BCUT2D eigenvalue weighted by molar-refractivity contribution is 0.189. The molecule has 0 aromatic heterocycles. The van der Waals surface area contributed by atoms with Crippen LogP contribution in [-0.2, 0) is 18.8 Å². The van der Waals surface area contributed by atoms with Crippen LogP contribution in [-0.4, -0.2) is 41.2 Å². The molecule has 0 saturated heterocycles. The first-order valence-electron chi connectivity index (χ1n) is 3.94. The van der Waals surface area contributed by atoms with E-state index in [1.54, 1.807) is 6.34 Å². The fourth-order valence-electron chi connectivity index (χ4n) is 0.548. The third-order valence-corrected chi connectivity index (χ3v) is 1.99. The Morgan fingerprint density at radius 1 is 1.64 bits per heavy atom. The summed E-state index contributed by atoms with van der Waals surface area (Å²) in [6.45, 7) is 3.37. The van der Waals surface area contributed by atoms with Crippen molar-refractivity contribution in [2.45, 2.75) is 13.2 Å². The maximum atomic E-state index is 10.3. The van der Waals surface area contributed by atoms with E-state index in [-0.39, 0.29) is 0 Å². The summed E-state index contributed by atoms with van der Waals surface area (Å²) in [6.07, 6.45) is 0.870. The van der Waals surface area contributed by atoms with Crippen LogP contribution in [0.1, 0.15) is 6.92 Å². The molecular weight excluding hydrogens is 210 g/mol. The van der Waals surface area contributed by atoms with Crippen molar-refractivity contribution in [2.75, 3.05) is 20.2 Å². The van der Waals surface area contributed by atoms with Crippen molar-refractivity contribution in [3.63, 3.8) is 0 Å². The van der Waals surface area contributed by atoms with Crippen molar-refractivity contribution >= 4 is 16.7 Å². The first kappa shape index (κ1) is 13.3. The van der Waals surface area contributed by atoms with Crippen LogP contribution in [0.2, 0.25) is 0 Å². The van der Waals surface area contributed by atoms with Crippen molar-refractivity contribution < 1.29 is 16.8 Å². The molecule has 84 valence electrons. The minimum atomic E-state index is -3.84. The molecule has 7 nitrogen and oxygen atoms in total. The van der Waals surface area contributed by atoms with Gasteiger partial charge in [0.15, 0.2) is 0 Å². The molecule has 0 saturated carbocycles. The summed E-state index contributed by atoms with van der Waals surface area (Å²) in [5.41, 5.74) is 4.97. The average molecular weight is 225 g/mol. The van der Waals surface area contributed by atoms with E-state index in [2.05, 4.69) is 18.7 Å². The van der Waals surface area contributed by atoms with Gasteiger partial charge in [-0.05, 0) is 6.92 Å². The normalized spacial score (nSPS) is 16.8. The van der Waals surface area contributed by atoms with Crippen molar-refractivity contribution in [3.8, 4) is 0 Å². The fourth-order valence-corrected chi connectivity index (χ4v) is 0.998. The summed E-state index contributed by atoms with van der Waals surface area (Å²) in [6, 6.07) is 0. The standard InChI is InChI=1S/C3H6N2.C3H9NO4S/c1-2-5-3-4-1;1-3(4)8-9(5,6)7-2/h3H,1-2H2,(H,4,5);3H,4H2,1-2H3. The Morgan fingerprint density at radius 3 is 2.43 bits per heavy atom. The molecule has 0 fully saturated rings. The van der Waals surface area contributed by atoms with Gasteiger partial charge in [0.2, 0.25) is 0 Å². The number of nitrogens with two attached hydrogens (primary N) is 1. The summed E-state index contributed by atoms with van der Waals surface area (Å²) < 4.78 is 28.6. The molecule has 1 heterocycles. The summed E-state index contributed by atoms with van der Waals surface area (Å²) >= 11 is 0. The number of aliphatic imine (C=N–C) groups is 1. The van der Waals surface area contributed by atoms with Gasteiger partial charge in [-0.1, -0.05) is 0 Å². The predicted octanol–water partition coefficient (Wildman–Crippen LogP) is -1.18. The SMILES string of the molecule is C1=NCCN1.COS(=O)(=O)OC(C)N. The average Bonchev–Trinajstić information content (AvgIpc) is 2.58. The highest BCUT2D eigenvalue weighted by Gasteiger charge is 2.10. The van der Waals surface area contributed by atoms with Crippen molar-refractivity contribution in [1.82, 2.24) is 5.32 Å². The van der Waals surface area contributed by atoms with Gasteiger partial charge in [-0.2, -0.15) is 8.42 Å². The zero-order valence-electron chi connectivity index (χ0n) is 8.13. The van der Waals surface area contributed by atoms with Crippen LogP contribution in [0, 0.1) is 0 Å². The highest BCUT2D eigenvalue weighted by molar-refractivity contribution is 7.81. The Balaban J connectivity index is 0.000000280. The molecule has 3 N–H and O–H groups in total. The monoisotopic (exact) mass is 225 g/mol. The fraction of sp³-hybridized carbons (Fsp3) is 0.833. The lowest BCUT2D eigenvalue weighted by Gasteiger charge is -2.03. The van der Waals surface area contributed by atoms with E-state index in [4.69, 9.17) is 5.73 Å². The van der Waals surface area contributed by atoms with Crippen LogP contribution >= 0.6 is 0 Å². The van der Waals surface area contributed by atoms with E-state index < -0.39 is 16.6 Å². The van der Waals surface area contributed by atoms with E-state index in [1.165, 1.54) is 6.92 Å². The van der Waals surface area contributed by atoms with Gasteiger partial charge in [0.05, 0.1) is 20.0 Å². The van der Waals surface area contributed by atoms with E-state index in [0.717, 1.165) is 20.2 Å². The van der Waals surface area contributed by atoms with Crippen LogP contribution < -0.4 is 11.1 Å². The maximum Gasteiger partial charge on any atom is 0.401 e. The topological polar surface area (TPSA) is 103 Å². The number of rotatable bonds is 3. The van der Waals surface area contributed by atoms with Gasteiger partial charge in [-0.25, -0.2) is 4.18 Å². The Kier molecular flexibility index (Phi) is 6.37. The first-order valence-corrected chi connectivity index (χ1v) is 5.27. The van der Waals surface area contributed by atoms with Crippen LogP contribution in [0.3, 0.4) is 0 Å². The highest BCUT2D eigenvalue weighted by Crippen LogP contribution is 1.94. The van der Waals surface area contributed by atoms with Gasteiger partial charge in [-0.15, -0.1) is 0 Å². The maximum absolute atomic E-state index is 10.3. The minimum absolute atomic E-state index is 0.866. The Labute approximate surface area is 83.6 Å². The second kappa shape index (κ2) is 6.71. The minimum Gasteiger partial charge on any atom is -0.375 e. The number of hydrogen-bond donors (Lipinski definition) is 2. The van der Waals surface area contributed by atoms with E-state index in [1.807, 2.05) is 0 Å². The molecule has 1 unspecified atom stereocenters. The van der Waals surface area contributed by atoms with Crippen LogP contribution in [0.25, 0.3) is 0 Å². The van der Waals surface area contributed by atoms with Gasteiger partial charge in [0, 0.05) is 6.54 Å². The summed E-state index contributed by atoms with van der Waals surface area (Å²) in [5.74, 6) is 0. The van der Waals surface area contributed by atoms with Gasteiger partial charge >= 0.3 is 10.4 Å². The Morgan fingerprint density at radius 2 is 2.29 bits per heavy atom. The highest BCUT2D eigenvalue weighted by atomic mass is 32.3. The molecule has 1 aliphatic rings. The largest absolute Gasteiger partial charge is 0.401 e. The molecule has 0 aromatic rings. The van der Waals surface area contributed by atoms with E-state index in [0.29, 0.717) is 0 Å². The molecule has 1 atom stereocenters. The molecule has 0 aliphatic carbocycles. The number of nitrogens with zero attached hydrogens (tertiary/aromatic N) is 1. The molecule has 0 aromatic carbocycles. The summed E-state index contributed by atoms with van der Waals surface area (Å²) in [5, 5.41) is 2.93. The molecule has 1 rings (SSSR count). The molecule has 14 heavy (non-hydrogen) atoms. The zero-order valence-corrected chi connectivity index (χ0v) is 8.95. The zero-order chi connectivity index (χ0) is 11.0. The van der Waals surface area contributed by atoms with Gasteiger partial charge in [0.1, 0.15) is 6.23 Å². The van der Waals surface area contributed by atoms with Gasteiger partial charge < -0.3 is 11.1 Å². The molecule has 0 amide bonds. The smallest absolute Gasteiger partial charge is 0.375 e. The van der Waals surface area contributed by atoms with Crippen LogP contribution in [0.4, 0.5) is 0 Å². The lowest BCUT2D eigenvalue weighted by Crippen LogP contribution is -2.23. The lowest BCUT2D eigenvalue weighted by atomic mass is 10.7. The van der Waals surface area contributed by atoms with E-state index >= 15 is 0 Å². The summed E-state index contributed by atoms with van der Waals surface area (Å²) in [7, 11) is -2.85. The molecule has 0 radical (unpaired) electrons. The molecule has 1 aliphatic heterocycles. The number of nitrogens with one attached hydrogen (secondary N) is 1. The summed E-state index contributed by atoms with van der Waals surface area (Å²) in [4.78, 5) is 3.85. The second-order valence-electron chi connectivity index (χ2n) is 2.37. The second-order valence-corrected chi connectivity index (χ2v) is 3.71. The van der Waals surface area contributed by atoms with Crippen molar-refractivity contribution in [1.29, 1.82) is 0 Å². The predicted molar refractivity (Wildman–Crippen MR) is 52.0 cm³/mol. The van der Waals surface area contributed by atoms with Crippen LogP contribution in [0.15, 0.2) is 4.99 Å². The molecule has 0 bridgehead atoms. The third-order valence-electron chi connectivity index (χ3n) is 1.04. The Bertz CT molecular complexity index is 256. The quantitative estimate of drug-likeness (QED) is 0.586. The van der Waals surface area contributed by atoms with Crippen molar-refractivity contribution in [2.24, 2.45) is 10.7 Å². The van der Waals surface area contributed by atoms with E-state index in [9.17, 15) is 8.42 Å².